The highest BCUT2D eigenvalue weighted by Crippen LogP contribution is 2.28. The summed E-state index contributed by atoms with van der Waals surface area (Å²) in [4.78, 5) is 29.3. The molecule has 22 heavy (non-hydrogen) atoms. The van der Waals surface area contributed by atoms with E-state index in [2.05, 4.69) is 9.72 Å². The minimum Gasteiger partial charge on any atom is -0.464 e. The molecule has 0 aromatic carbocycles. The number of likely N-dealkylation sites (tertiary alicyclic amines) is 1. The lowest BCUT2D eigenvalue weighted by Gasteiger charge is -2.24. The largest absolute Gasteiger partial charge is 0.464 e. The van der Waals surface area contributed by atoms with Crippen molar-refractivity contribution < 1.29 is 19.1 Å². The molecule has 6 nitrogen and oxygen atoms in total. The highest BCUT2D eigenvalue weighted by molar-refractivity contribution is 5.87. The molecule has 2 heterocycles. The van der Waals surface area contributed by atoms with Gasteiger partial charge in [0.15, 0.2) is 0 Å². The van der Waals surface area contributed by atoms with Crippen LogP contribution in [0.25, 0.3) is 0 Å². The van der Waals surface area contributed by atoms with Crippen LogP contribution in [0.15, 0.2) is 18.3 Å². The Morgan fingerprint density at radius 1 is 1.36 bits per heavy atom. The second-order valence-corrected chi connectivity index (χ2v) is 6.38. The van der Waals surface area contributed by atoms with Crippen LogP contribution in [0.3, 0.4) is 0 Å². The third kappa shape index (κ3) is 3.96. The van der Waals surface area contributed by atoms with E-state index < -0.39 is 11.6 Å². The van der Waals surface area contributed by atoms with Crippen LogP contribution in [-0.2, 0) is 9.47 Å². The number of carbonyl (C=O) groups is 2. The molecule has 120 valence electrons. The quantitative estimate of drug-likeness (QED) is 0.786. The summed E-state index contributed by atoms with van der Waals surface area (Å²) in [6, 6.07) is 3.60. The molecule has 1 aliphatic heterocycles. The Morgan fingerprint density at radius 3 is 2.73 bits per heavy atom. The van der Waals surface area contributed by atoms with Crippen molar-refractivity contribution in [1.29, 1.82) is 0 Å². The normalized spacial score (nSPS) is 18.2. The summed E-state index contributed by atoms with van der Waals surface area (Å²) in [6.07, 6.45) is 2.14. The first-order valence-corrected chi connectivity index (χ1v) is 7.32. The zero-order valence-electron chi connectivity index (χ0n) is 13.5. The molecule has 1 amide bonds. The van der Waals surface area contributed by atoms with Crippen molar-refractivity contribution in [2.75, 3.05) is 20.2 Å². The first-order valence-electron chi connectivity index (χ1n) is 7.32. The van der Waals surface area contributed by atoms with Crippen molar-refractivity contribution in [3.05, 3.63) is 29.6 Å². The van der Waals surface area contributed by atoms with Gasteiger partial charge < -0.3 is 14.4 Å². The second-order valence-electron chi connectivity index (χ2n) is 6.38. The summed E-state index contributed by atoms with van der Waals surface area (Å²) in [7, 11) is 1.33. The standard InChI is InChI=1S/C16H22N2O4/c1-16(2,3)22-15(20)18-8-6-12(10-18)11-5-7-17-13(9-11)14(19)21-4/h5,7,9,12H,6,8,10H2,1-4H3. The van der Waals surface area contributed by atoms with Gasteiger partial charge in [-0.25, -0.2) is 14.6 Å². The smallest absolute Gasteiger partial charge is 0.410 e. The number of esters is 1. The van der Waals surface area contributed by atoms with Crippen molar-refractivity contribution in [2.45, 2.75) is 38.7 Å². The van der Waals surface area contributed by atoms with Crippen molar-refractivity contribution in [3.63, 3.8) is 0 Å². The summed E-state index contributed by atoms with van der Waals surface area (Å²) in [6.45, 7) is 6.78. The Kier molecular flexibility index (Phi) is 4.68. The van der Waals surface area contributed by atoms with E-state index >= 15 is 0 Å². The average molecular weight is 306 g/mol. The Labute approximate surface area is 130 Å². The van der Waals surface area contributed by atoms with E-state index in [1.165, 1.54) is 7.11 Å². The Hall–Kier alpha value is -2.11. The minimum atomic E-state index is -0.496. The molecule has 1 fully saturated rings. The molecule has 0 radical (unpaired) electrons. The van der Waals surface area contributed by atoms with Crippen LogP contribution in [0, 0.1) is 0 Å². The van der Waals surface area contributed by atoms with Crippen LogP contribution >= 0.6 is 0 Å². The molecule has 1 saturated heterocycles. The first-order chi connectivity index (χ1) is 10.3. The minimum absolute atomic E-state index is 0.180. The van der Waals surface area contributed by atoms with Gasteiger partial charge >= 0.3 is 12.1 Å². The molecular formula is C16H22N2O4. The predicted molar refractivity (Wildman–Crippen MR) is 80.7 cm³/mol. The number of aromatic nitrogens is 1. The molecule has 0 aliphatic carbocycles. The van der Waals surface area contributed by atoms with Gasteiger partial charge in [0.1, 0.15) is 11.3 Å². The maximum Gasteiger partial charge on any atom is 0.410 e. The van der Waals surface area contributed by atoms with E-state index in [0.717, 1.165) is 12.0 Å². The van der Waals surface area contributed by atoms with Crippen LogP contribution in [-0.4, -0.2) is 47.7 Å². The molecule has 0 saturated carbocycles. The molecule has 1 unspecified atom stereocenters. The lowest BCUT2D eigenvalue weighted by molar-refractivity contribution is 0.0292. The first kappa shape index (κ1) is 16.3. The number of methoxy groups -OCH3 is 1. The topological polar surface area (TPSA) is 68.7 Å². The fourth-order valence-corrected chi connectivity index (χ4v) is 2.44. The van der Waals surface area contributed by atoms with Gasteiger partial charge in [-0.1, -0.05) is 0 Å². The molecule has 0 bridgehead atoms. The maximum absolute atomic E-state index is 12.1. The molecule has 1 atom stereocenters. The lowest BCUT2D eigenvalue weighted by Crippen LogP contribution is -2.35. The number of pyridine rings is 1. The molecule has 2 rings (SSSR count). The maximum atomic E-state index is 12.1. The van der Waals surface area contributed by atoms with Crippen LogP contribution in [0.2, 0.25) is 0 Å². The zero-order valence-corrected chi connectivity index (χ0v) is 13.5. The lowest BCUT2D eigenvalue weighted by atomic mass is 9.99. The molecule has 6 heteroatoms. The van der Waals surface area contributed by atoms with E-state index in [-0.39, 0.29) is 17.7 Å². The van der Waals surface area contributed by atoms with E-state index in [0.29, 0.717) is 13.1 Å². The summed E-state index contributed by atoms with van der Waals surface area (Å²) in [5.41, 5.74) is 0.779. The third-order valence-electron chi connectivity index (χ3n) is 3.49. The monoisotopic (exact) mass is 306 g/mol. The van der Waals surface area contributed by atoms with Crippen LogP contribution in [0.1, 0.15) is 49.2 Å². The summed E-state index contributed by atoms with van der Waals surface area (Å²) in [5.74, 6) is -0.275. The fourth-order valence-electron chi connectivity index (χ4n) is 2.44. The molecule has 1 aromatic rings. The number of ether oxygens (including phenoxy) is 2. The van der Waals surface area contributed by atoms with Crippen LogP contribution in [0.5, 0.6) is 0 Å². The Morgan fingerprint density at radius 2 is 2.09 bits per heavy atom. The van der Waals surface area contributed by atoms with Crippen LogP contribution in [0.4, 0.5) is 4.79 Å². The number of hydrogen-bond acceptors (Lipinski definition) is 5. The second kappa shape index (κ2) is 6.34. The molecule has 0 N–H and O–H groups in total. The predicted octanol–water partition coefficient (Wildman–Crippen LogP) is 2.59. The molecular weight excluding hydrogens is 284 g/mol. The number of hydrogen-bond donors (Lipinski definition) is 0. The van der Waals surface area contributed by atoms with Gasteiger partial charge in [-0.2, -0.15) is 0 Å². The third-order valence-corrected chi connectivity index (χ3v) is 3.49. The van der Waals surface area contributed by atoms with E-state index in [9.17, 15) is 9.59 Å². The summed E-state index contributed by atoms with van der Waals surface area (Å²) < 4.78 is 10.1. The fraction of sp³-hybridized carbons (Fsp3) is 0.562. The van der Waals surface area contributed by atoms with E-state index in [4.69, 9.17) is 4.74 Å². The van der Waals surface area contributed by atoms with Gasteiger partial charge in [0, 0.05) is 25.2 Å². The van der Waals surface area contributed by atoms with Crippen molar-refractivity contribution in [2.24, 2.45) is 0 Å². The Bertz CT molecular complexity index is 566. The highest BCUT2D eigenvalue weighted by Gasteiger charge is 2.30. The zero-order chi connectivity index (χ0) is 16.3. The Balaban J connectivity index is 2.04. The SMILES string of the molecule is COC(=O)c1cc(C2CCN(C(=O)OC(C)(C)C)C2)ccn1. The van der Waals surface area contributed by atoms with Crippen LogP contribution < -0.4 is 0 Å². The number of nitrogens with zero attached hydrogens (tertiary/aromatic N) is 2. The number of carbonyl (C=O) groups excluding carboxylic acids is 2. The average Bonchev–Trinajstić information content (AvgIpc) is 2.95. The van der Waals surface area contributed by atoms with Gasteiger partial charge in [-0.3, -0.25) is 0 Å². The van der Waals surface area contributed by atoms with Gasteiger partial charge in [0.05, 0.1) is 7.11 Å². The van der Waals surface area contributed by atoms with Crippen molar-refractivity contribution >= 4 is 12.1 Å². The van der Waals surface area contributed by atoms with E-state index in [1.54, 1.807) is 17.2 Å². The summed E-state index contributed by atoms with van der Waals surface area (Å²) >= 11 is 0. The van der Waals surface area contributed by atoms with Gasteiger partial charge in [0.25, 0.3) is 0 Å². The highest BCUT2D eigenvalue weighted by atomic mass is 16.6. The van der Waals surface area contributed by atoms with Crippen molar-refractivity contribution in [3.8, 4) is 0 Å². The van der Waals surface area contributed by atoms with Crippen molar-refractivity contribution in [1.82, 2.24) is 9.88 Å². The molecule has 1 aromatic heterocycles. The summed E-state index contributed by atoms with van der Waals surface area (Å²) in [5, 5.41) is 0. The molecule has 0 spiro atoms. The van der Waals surface area contributed by atoms with Gasteiger partial charge in [-0.15, -0.1) is 0 Å². The van der Waals surface area contributed by atoms with E-state index in [1.807, 2.05) is 26.8 Å². The number of amides is 1. The van der Waals surface area contributed by atoms with Gasteiger partial charge in [-0.05, 0) is 44.9 Å². The van der Waals surface area contributed by atoms with Gasteiger partial charge in [0.2, 0.25) is 0 Å². The number of rotatable bonds is 2. The molecule has 1 aliphatic rings.